The van der Waals surface area contributed by atoms with Crippen molar-refractivity contribution in [3.8, 4) is 0 Å². The number of diazo groups is 2. The van der Waals surface area contributed by atoms with E-state index in [9.17, 15) is 0 Å². The van der Waals surface area contributed by atoms with Crippen LogP contribution in [-0.4, -0.2) is 26.2 Å². The number of halogens is 4. The van der Waals surface area contributed by atoms with Crippen LogP contribution in [0, 0.1) is 10.8 Å². The third-order valence-electron chi connectivity index (χ3n) is 4.19. The molecule has 2 rings (SSSR count). The van der Waals surface area contributed by atoms with E-state index in [1.54, 1.807) is 24.3 Å². The summed E-state index contributed by atoms with van der Waals surface area (Å²) in [4.78, 5) is 10.7. The van der Waals surface area contributed by atoms with Crippen LogP contribution >= 0.6 is 38.8 Å². The first kappa shape index (κ1) is 29.7. The second kappa shape index (κ2) is 16.3. The van der Waals surface area contributed by atoms with Gasteiger partial charge in [-0.25, -0.2) is 0 Å². The Hall–Kier alpha value is -1.34. The molecular formula is C20H28Cl4N6Zn. The van der Waals surface area contributed by atoms with Gasteiger partial charge in [0.05, 0.1) is 0 Å². The average molecular weight is 560 g/mol. The first-order chi connectivity index (χ1) is 14.6. The van der Waals surface area contributed by atoms with Crippen molar-refractivity contribution in [2.24, 2.45) is 0 Å². The molecule has 0 aliphatic carbocycles. The Bertz CT molecular complexity index is 750. The van der Waals surface area contributed by atoms with Crippen molar-refractivity contribution in [3.05, 3.63) is 58.5 Å². The van der Waals surface area contributed by atoms with Gasteiger partial charge >= 0.3 is 61.0 Å². The van der Waals surface area contributed by atoms with Crippen LogP contribution in [0.2, 0.25) is 0 Å². The van der Waals surface area contributed by atoms with E-state index < -0.39 is 10.8 Å². The molecule has 0 bridgehead atoms. The number of hydrogen-bond donors (Lipinski definition) is 0. The molecule has 0 saturated heterocycles. The molecule has 0 spiro atoms. The summed E-state index contributed by atoms with van der Waals surface area (Å²) in [5, 5.41) is 17.0. The second-order valence-electron chi connectivity index (χ2n) is 6.18. The Morgan fingerprint density at radius 3 is 1.00 bits per heavy atom. The summed E-state index contributed by atoms with van der Waals surface area (Å²) in [5.74, 6) is 0. The van der Waals surface area contributed by atoms with Gasteiger partial charge in [-0.15, -0.1) is 0 Å². The van der Waals surface area contributed by atoms with Crippen LogP contribution in [-0.2, 0) is 10.8 Å². The molecule has 11 heteroatoms. The summed E-state index contributed by atoms with van der Waals surface area (Å²) in [6.45, 7) is 12.4. The number of hydrogen-bond acceptors (Lipinski definition) is 4. The van der Waals surface area contributed by atoms with Crippen LogP contribution in [0.5, 0.6) is 0 Å². The second-order valence-corrected chi connectivity index (χ2v) is 33.9. The molecule has 0 fully saturated rings. The van der Waals surface area contributed by atoms with Crippen molar-refractivity contribution < 1.29 is 10.8 Å². The molecule has 0 radical (unpaired) electrons. The molecule has 0 unspecified atom stereocenters. The number of benzene rings is 2. The van der Waals surface area contributed by atoms with Gasteiger partial charge in [-0.05, 0) is 52.0 Å². The minimum absolute atomic E-state index is 0.593. The fourth-order valence-electron chi connectivity index (χ4n) is 2.64. The Labute approximate surface area is 204 Å². The summed E-state index contributed by atoms with van der Waals surface area (Å²) >= 11 is 0. The predicted molar refractivity (Wildman–Crippen MR) is 133 cm³/mol. The molecule has 2 aromatic rings. The van der Waals surface area contributed by atoms with E-state index in [-0.39, 0.29) is 0 Å². The van der Waals surface area contributed by atoms with E-state index in [1.165, 1.54) is 0 Å². The van der Waals surface area contributed by atoms with Gasteiger partial charge in [0, 0.05) is 61.8 Å². The fourth-order valence-corrected chi connectivity index (χ4v) is 2.64. The Morgan fingerprint density at radius 2 is 0.839 bits per heavy atom. The fraction of sp³-hybridized carbons (Fsp3) is 0.400. The van der Waals surface area contributed by atoms with Gasteiger partial charge < -0.3 is 9.80 Å². The van der Waals surface area contributed by atoms with Crippen molar-refractivity contribution in [3.63, 3.8) is 0 Å². The Kier molecular flexibility index (Phi) is 15.6. The van der Waals surface area contributed by atoms with Crippen LogP contribution in [0.15, 0.2) is 48.5 Å². The van der Waals surface area contributed by atoms with Gasteiger partial charge in [-0.2, -0.15) is 0 Å². The average Bonchev–Trinajstić information content (AvgIpc) is 2.76. The predicted octanol–water partition coefficient (Wildman–Crippen LogP) is 8.79. The summed E-state index contributed by atoms with van der Waals surface area (Å²) in [6.07, 6.45) is 0. The van der Waals surface area contributed by atoms with Crippen LogP contribution in [0.3, 0.4) is 0 Å². The van der Waals surface area contributed by atoms with Gasteiger partial charge in [0.1, 0.15) is 0 Å². The van der Waals surface area contributed by atoms with E-state index in [2.05, 4.69) is 47.4 Å². The number of anilines is 2. The quantitative estimate of drug-likeness (QED) is 0.262. The Morgan fingerprint density at radius 1 is 0.613 bits per heavy atom. The molecular weight excluding hydrogens is 531 g/mol. The van der Waals surface area contributed by atoms with Crippen molar-refractivity contribution in [1.82, 2.24) is 0 Å². The van der Waals surface area contributed by atoms with Crippen LogP contribution in [0.4, 0.5) is 22.7 Å². The third kappa shape index (κ3) is 13.6. The van der Waals surface area contributed by atoms with Gasteiger partial charge in [0.15, 0.2) is 9.95 Å². The van der Waals surface area contributed by atoms with E-state index >= 15 is 0 Å². The van der Waals surface area contributed by atoms with Crippen molar-refractivity contribution in [2.75, 3.05) is 36.0 Å². The third-order valence-corrected chi connectivity index (χ3v) is 4.19. The molecule has 0 amide bonds. The van der Waals surface area contributed by atoms with Crippen molar-refractivity contribution >= 4 is 61.5 Å². The molecule has 31 heavy (non-hydrogen) atoms. The summed E-state index contributed by atoms with van der Waals surface area (Å²) in [5.41, 5.74) is 3.52. The molecule has 2 aromatic carbocycles. The van der Waals surface area contributed by atoms with Crippen LogP contribution in [0.25, 0.3) is 9.95 Å². The van der Waals surface area contributed by atoms with E-state index in [4.69, 9.17) is 49.5 Å². The minimum atomic E-state index is -3.36. The van der Waals surface area contributed by atoms with Gasteiger partial charge in [-0.1, -0.05) is 0 Å². The SMILES string of the molecule is CCN(CC)c1ccc([N+]#N)cc1.CCN(CC)c1ccc([N+]#N)cc1.[Cl][Zn-2]([Cl])([Cl])[Cl]. The maximum atomic E-state index is 8.49. The summed E-state index contributed by atoms with van der Waals surface area (Å²) in [7, 11) is 16.8. The summed E-state index contributed by atoms with van der Waals surface area (Å²) in [6, 6.07) is 15.0. The first-order valence-electron chi connectivity index (χ1n) is 10.1. The molecule has 0 saturated carbocycles. The Balaban J connectivity index is 0.000000479. The monoisotopic (exact) mass is 556 g/mol. The topological polar surface area (TPSA) is 62.8 Å². The van der Waals surface area contributed by atoms with E-state index in [0.717, 1.165) is 37.6 Å². The molecule has 0 heterocycles. The van der Waals surface area contributed by atoms with Crippen LogP contribution < -0.4 is 9.80 Å². The zero-order valence-corrected chi connectivity index (χ0v) is 24.3. The number of rotatable bonds is 6. The van der Waals surface area contributed by atoms with Gasteiger partial charge in [-0.3, -0.25) is 0 Å². The standard InChI is InChI=1S/2C10H14N3.4ClH.Zn/c2*1-3-13(4-2)10-7-5-9(12-11)6-8-10;;;;;/h2*5-8H,3-4H2,1-2H3;4*1H;/q2*+1;;;;;+2/p-4. The van der Waals surface area contributed by atoms with Gasteiger partial charge in [0.2, 0.25) is 10.8 Å². The molecule has 0 aromatic heterocycles. The van der Waals surface area contributed by atoms with Crippen LogP contribution in [0.1, 0.15) is 27.7 Å². The number of nitrogens with zero attached hydrogens (tertiary/aromatic N) is 6. The van der Waals surface area contributed by atoms with E-state index in [0.29, 0.717) is 11.4 Å². The van der Waals surface area contributed by atoms with Crippen molar-refractivity contribution in [1.29, 1.82) is 10.8 Å². The molecule has 0 N–H and O–H groups in total. The summed E-state index contributed by atoms with van der Waals surface area (Å²) < 4.78 is 0. The van der Waals surface area contributed by atoms with Gasteiger partial charge in [0.25, 0.3) is 0 Å². The normalized spacial score (nSPS) is 9.74. The molecule has 0 aliphatic rings. The van der Waals surface area contributed by atoms with Crippen molar-refractivity contribution in [2.45, 2.75) is 27.7 Å². The zero-order chi connectivity index (χ0) is 23.9. The molecule has 168 valence electrons. The van der Waals surface area contributed by atoms with E-state index in [1.807, 2.05) is 24.3 Å². The maximum absolute atomic E-state index is 8.49. The first-order valence-corrected chi connectivity index (χ1v) is 25.7. The molecule has 0 atom stereocenters. The molecule has 6 nitrogen and oxygen atoms in total. The zero-order valence-electron chi connectivity index (χ0n) is 18.3. The molecule has 0 aliphatic heterocycles.